The van der Waals surface area contributed by atoms with Crippen molar-refractivity contribution in [2.24, 2.45) is 0 Å². The third-order valence-corrected chi connectivity index (χ3v) is 5.44. The Hall–Kier alpha value is -2.21. The minimum atomic E-state index is 0.0383. The monoisotopic (exact) mass is 340 g/mol. The number of rotatable bonds is 2. The number of nitrogens with one attached hydrogen (secondary N) is 1. The van der Waals surface area contributed by atoms with Crippen LogP contribution < -0.4 is 0 Å². The summed E-state index contributed by atoms with van der Waals surface area (Å²) in [6.07, 6.45) is 2.05. The van der Waals surface area contributed by atoms with Crippen LogP contribution in [-0.4, -0.2) is 38.8 Å². The van der Waals surface area contributed by atoms with Gasteiger partial charge < -0.3 is 9.88 Å². The van der Waals surface area contributed by atoms with Gasteiger partial charge in [-0.15, -0.1) is 11.3 Å². The van der Waals surface area contributed by atoms with Crippen molar-refractivity contribution in [2.75, 3.05) is 13.1 Å². The standard InChI is InChI=1S/C18H20N4OS/c1-11-5-3-7-14-16(11)21-17(20-14)13-6-4-8-22(9-13)18(23)15-10-24-12(2)19-15/h3,5,7,10,13H,4,6,8-9H2,1-2H3,(H,20,21). The second-order valence-electron chi connectivity index (χ2n) is 6.44. The number of carbonyl (C=O) groups excluding carboxylic acids is 1. The average Bonchev–Trinajstić information content (AvgIpc) is 3.21. The van der Waals surface area contributed by atoms with Crippen molar-refractivity contribution >= 4 is 28.3 Å². The predicted molar refractivity (Wildman–Crippen MR) is 95.6 cm³/mol. The number of nitrogens with zero attached hydrogens (tertiary/aromatic N) is 3. The summed E-state index contributed by atoms with van der Waals surface area (Å²) < 4.78 is 0. The molecule has 6 heteroatoms. The summed E-state index contributed by atoms with van der Waals surface area (Å²) in [6, 6.07) is 6.18. The number of piperidine rings is 1. The van der Waals surface area contributed by atoms with E-state index in [1.807, 2.05) is 23.3 Å². The van der Waals surface area contributed by atoms with Crippen LogP contribution in [0.4, 0.5) is 0 Å². The maximum atomic E-state index is 12.7. The number of amides is 1. The molecule has 1 aliphatic heterocycles. The number of para-hydroxylation sites is 1. The van der Waals surface area contributed by atoms with Gasteiger partial charge in [0.1, 0.15) is 11.5 Å². The molecule has 1 N–H and O–H groups in total. The summed E-state index contributed by atoms with van der Waals surface area (Å²) in [6.45, 7) is 5.50. The lowest BCUT2D eigenvalue weighted by molar-refractivity contribution is 0.0699. The normalized spacial score (nSPS) is 18.2. The SMILES string of the molecule is Cc1nc(C(=O)N2CCCC(c3nc4c(C)cccc4[nH]3)C2)cs1. The molecule has 1 amide bonds. The molecule has 4 rings (SSSR count). The minimum Gasteiger partial charge on any atom is -0.342 e. The van der Waals surface area contributed by atoms with Gasteiger partial charge in [-0.05, 0) is 38.3 Å². The van der Waals surface area contributed by atoms with Gasteiger partial charge in [-0.2, -0.15) is 0 Å². The van der Waals surface area contributed by atoms with Crippen LogP contribution in [0, 0.1) is 13.8 Å². The van der Waals surface area contributed by atoms with Crippen LogP contribution >= 0.6 is 11.3 Å². The maximum absolute atomic E-state index is 12.7. The zero-order valence-electron chi connectivity index (χ0n) is 13.9. The van der Waals surface area contributed by atoms with Crippen molar-refractivity contribution in [2.45, 2.75) is 32.6 Å². The third-order valence-electron chi connectivity index (χ3n) is 4.67. The molecule has 0 aliphatic carbocycles. The Morgan fingerprint density at radius 1 is 1.33 bits per heavy atom. The molecule has 3 aromatic rings. The fourth-order valence-corrected chi connectivity index (χ4v) is 3.98. The van der Waals surface area contributed by atoms with E-state index in [9.17, 15) is 4.79 Å². The van der Waals surface area contributed by atoms with E-state index in [2.05, 4.69) is 29.0 Å². The number of H-pyrrole nitrogens is 1. The van der Waals surface area contributed by atoms with Crippen LogP contribution in [-0.2, 0) is 0 Å². The van der Waals surface area contributed by atoms with E-state index in [0.29, 0.717) is 12.2 Å². The number of likely N-dealkylation sites (tertiary alicyclic amines) is 1. The second-order valence-corrected chi connectivity index (χ2v) is 7.50. The summed E-state index contributed by atoms with van der Waals surface area (Å²) >= 11 is 1.52. The quantitative estimate of drug-likeness (QED) is 0.774. The van der Waals surface area contributed by atoms with Gasteiger partial charge in [0.15, 0.2) is 0 Å². The van der Waals surface area contributed by atoms with E-state index in [1.54, 1.807) is 0 Å². The Balaban J connectivity index is 1.57. The molecular weight excluding hydrogens is 320 g/mol. The number of aromatic amines is 1. The summed E-state index contributed by atoms with van der Waals surface area (Å²) in [4.78, 5) is 27.2. The first-order chi connectivity index (χ1) is 11.6. The molecule has 5 nitrogen and oxygen atoms in total. The third kappa shape index (κ3) is 2.71. The number of aromatic nitrogens is 3. The highest BCUT2D eigenvalue weighted by molar-refractivity contribution is 7.09. The van der Waals surface area contributed by atoms with Crippen LogP contribution in [0.2, 0.25) is 0 Å². The molecule has 0 saturated carbocycles. The Bertz CT molecular complexity index is 897. The summed E-state index contributed by atoms with van der Waals surface area (Å²) in [5.74, 6) is 1.29. The molecular formula is C18H20N4OS. The van der Waals surface area contributed by atoms with Crippen LogP contribution in [0.1, 0.15) is 45.6 Å². The molecule has 1 fully saturated rings. The lowest BCUT2D eigenvalue weighted by Crippen LogP contribution is -2.39. The van der Waals surface area contributed by atoms with Gasteiger partial charge in [0.25, 0.3) is 5.91 Å². The predicted octanol–water partition coefficient (Wildman–Crippen LogP) is 3.66. The largest absolute Gasteiger partial charge is 0.342 e. The molecule has 0 bridgehead atoms. The van der Waals surface area contributed by atoms with Crippen molar-refractivity contribution in [3.05, 3.63) is 45.7 Å². The van der Waals surface area contributed by atoms with Gasteiger partial charge in [0, 0.05) is 24.4 Å². The Morgan fingerprint density at radius 2 is 2.21 bits per heavy atom. The molecule has 1 atom stereocenters. The van der Waals surface area contributed by atoms with Gasteiger partial charge in [-0.3, -0.25) is 4.79 Å². The van der Waals surface area contributed by atoms with Gasteiger partial charge in [-0.25, -0.2) is 9.97 Å². The highest BCUT2D eigenvalue weighted by atomic mass is 32.1. The lowest BCUT2D eigenvalue weighted by atomic mass is 9.97. The smallest absolute Gasteiger partial charge is 0.273 e. The van der Waals surface area contributed by atoms with Gasteiger partial charge in [-0.1, -0.05) is 12.1 Å². The average molecular weight is 340 g/mol. The van der Waals surface area contributed by atoms with E-state index in [1.165, 1.54) is 16.9 Å². The van der Waals surface area contributed by atoms with Crippen molar-refractivity contribution in [1.29, 1.82) is 0 Å². The number of fused-ring (bicyclic) bond motifs is 1. The zero-order chi connectivity index (χ0) is 16.7. The van der Waals surface area contributed by atoms with Gasteiger partial charge >= 0.3 is 0 Å². The molecule has 0 spiro atoms. The summed E-state index contributed by atoms with van der Waals surface area (Å²) in [5.41, 5.74) is 3.85. The molecule has 0 radical (unpaired) electrons. The lowest BCUT2D eigenvalue weighted by Gasteiger charge is -2.31. The van der Waals surface area contributed by atoms with E-state index >= 15 is 0 Å². The second kappa shape index (κ2) is 6.02. The molecule has 1 aliphatic rings. The number of imidazole rings is 1. The molecule has 1 aromatic carbocycles. The van der Waals surface area contributed by atoms with E-state index in [-0.39, 0.29) is 11.8 Å². The molecule has 2 aromatic heterocycles. The number of hydrogen-bond acceptors (Lipinski definition) is 4. The number of benzene rings is 1. The Kier molecular flexibility index (Phi) is 3.84. The molecule has 1 unspecified atom stereocenters. The van der Waals surface area contributed by atoms with Gasteiger partial charge in [0.05, 0.1) is 16.0 Å². The molecule has 3 heterocycles. The van der Waals surface area contributed by atoms with Crippen molar-refractivity contribution in [3.8, 4) is 0 Å². The number of carbonyl (C=O) groups is 1. The number of aryl methyl sites for hydroxylation is 2. The Morgan fingerprint density at radius 3 is 2.96 bits per heavy atom. The highest BCUT2D eigenvalue weighted by Gasteiger charge is 2.28. The summed E-state index contributed by atoms with van der Waals surface area (Å²) in [5, 5.41) is 2.78. The molecule has 124 valence electrons. The highest BCUT2D eigenvalue weighted by Crippen LogP contribution is 2.28. The molecule has 24 heavy (non-hydrogen) atoms. The van der Waals surface area contributed by atoms with Gasteiger partial charge in [0.2, 0.25) is 0 Å². The first-order valence-electron chi connectivity index (χ1n) is 8.28. The zero-order valence-corrected chi connectivity index (χ0v) is 14.7. The Labute approximate surface area is 144 Å². The first-order valence-corrected chi connectivity index (χ1v) is 9.16. The summed E-state index contributed by atoms with van der Waals surface area (Å²) in [7, 11) is 0. The van der Waals surface area contributed by atoms with Crippen LogP contribution in [0.25, 0.3) is 11.0 Å². The number of hydrogen-bond donors (Lipinski definition) is 1. The van der Waals surface area contributed by atoms with Crippen LogP contribution in [0.3, 0.4) is 0 Å². The fourth-order valence-electron chi connectivity index (χ4n) is 3.40. The van der Waals surface area contributed by atoms with Crippen LogP contribution in [0.15, 0.2) is 23.6 Å². The van der Waals surface area contributed by atoms with Crippen molar-refractivity contribution < 1.29 is 4.79 Å². The maximum Gasteiger partial charge on any atom is 0.273 e. The fraction of sp³-hybridized carbons (Fsp3) is 0.389. The first kappa shape index (κ1) is 15.3. The topological polar surface area (TPSA) is 61.9 Å². The molecule has 1 saturated heterocycles. The van der Waals surface area contributed by atoms with E-state index in [4.69, 9.17) is 4.98 Å². The van der Waals surface area contributed by atoms with Crippen LogP contribution in [0.5, 0.6) is 0 Å². The number of thiazole rings is 1. The van der Waals surface area contributed by atoms with E-state index in [0.717, 1.165) is 41.3 Å². The van der Waals surface area contributed by atoms with Crippen molar-refractivity contribution in [3.63, 3.8) is 0 Å². The van der Waals surface area contributed by atoms with Crippen molar-refractivity contribution in [1.82, 2.24) is 19.9 Å². The van der Waals surface area contributed by atoms with E-state index < -0.39 is 0 Å². The minimum absolute atomic E-state index is 0.0383.